The second-order valence-electron chi connectivity index (χ2n) is 11.0. The Morgan fingerprint density at radius 3 is 2.49 bits per heavy atom. The molecule has 6 heteroatoms. The number of esters is 1. The molecule has 3 aromatic carbocycles. The van der Waals surface area contributed by atoms with Crippen LogP contribution >= 0.6 is 0 Å². The van der Waals surface area contributed by atoms with E-state index in [2.05, 4.69) is 37.6 Å². The highest BCUT2D eigenvalue weighted by Gasteiger charge is 2.36. The van der Waals surface area contributed by atoms with Crippen molar-refractivity contribution in [3.05, 3.63) is 83.4 Å². The number of hydrogen-bond acceptors (Lipinski definition) is 4. The predicted molar refractivity (Wildman–Crippen MR) is 149 cm³/mol. The van der Waals surface area contributed by atoms with E-state index in [0.29, 0.717) is 18.9 Å². The van der Waals surface area contributed by atoms with Crippen LogP contribution in [0.1, 0.15) is 81.4 Å². The molecule has 0 aromatic heterocycles. The number of rotatable bonds is 11. The second-order valence-corrected chi connectivity index (χ2v) is 11.0. The van der Waals surface area contributed by atoms with Gasteiger partial charge in [-0.1, -0.05) is 69.7 Å². The molecule has 2 atom stereocenters. The normalized spacial score (nSPS) is 17.2. The standard InChI is InChI=1S/C33H38F2O4/c1-5-23(20-31(36)37-4)24-9-6-11-26(18-24)38-21-22-14-15-28(25-10-7-12-27(19-25)39-32(34)35)29(17-22)30-13-8-16-33(30,2)3/h6-7,9-12,14-15,17-19,23,30,32H,5,8,13,16,20-21H2,1-4H3. The summed E-state index contributed by atoms with van der Waals surface area (Å²) in [5, 5.41) is 0. The van der Waals surface area contributed by atoms with E-state index in [0.717, 1.165) is 53.7 Å². The van der Waals surface area contributed by atoms with E-state index in [9.17, 15) is 13.6 Å². The largest absolute Gasteiger partial charge is 0.489 e. The Hall–Kier alpha value is -3.41. The van der Waals surface area contributed by atoms with Crippen molar-refractivity contribution in [2.75, 3.05) is 7.11 Å². The first kappa shape index (κ1) is 28.6. The van der Waals surface area contributed by atoms with Gasteiger partial charge in [0.25, 0.3) is 0 Å². The summed E-state index contributed by atoms with van der Waals surface area (Å²) in [7, 11) is 1.41. The maximum absolute atomic E-state index is 12.9. The molecule has 0 heterocycles. The van der Waals surface area contributed by atoms with Gasteiger partial charge < -0.3 is 14.2 Å². The SMILES string of the molecule is CCC(CC(=O)OC)c1cccc(OCc2ccc(-c3cccc(OC(F)F)c3)c(C3CCCC3(C)C)c2)c1. The van der Waals surface area contributed by atoms with Gasteiger partial charge in [-0.15, -0.1) is 0 Å². The summed E-state index contributed by atoms with van der Waals surface area (Å²) < 4.78 is 41.5. The number of halogens is 2. The first-order valence-corrected chi connectivity index (χ1v) is 13.7. The lowest BCUT2D eigenvalue weighted by atomic mass is 9.75. The average molecular weight is 537 g/mol. The molecular weight excluding hydrogens is 498 g/mol. The average Bonchev–Trinajstić information content (AvgIpc) is 3.28. The van der Waals surface area contributed by atoms with Crippen molar-refractivity contribution in [1.29, 1.82) is 0 Å². The van der Waals surface area contributed by atoms with Gasteiger partial charge in [0, 0.05) is 0 Å². The molecular formula is C33H38F2O4. The monoisotopic (exact) mass is 536 g/mol. The smallest absolute Gasteiger partial charge is 0.387 e. The molecule has 0 N–H and O–H groups in total. The van der Waals surface area contributed by atoms with Crippen LogP contribution in [0.3, 0.4) is 0 Å². The van der Waals surface area contributed by atoms with Crippen LogP contribution in [0.4, 0.5) is 8.78 Å². The third kappa shape index (κ3) is 7.17. The lowest BCUT2D eigenvalue weighted by Gasteiger charge is -2.30. The van der Waals surface area contributed by atoms with Gasteiger partial charge in [0.05, 0.1) is 13.5 Å². The van der Waals surface area contributed by atoms with Crippen LogP contribution in [0.15, 0.2) is 66.7 Å². The summed E-state index contributed by atoms with van der Waals surface area (Å²) in [6.07, 6.45) is 4.54. The second kappa shape index (κ2) is 12.6. The molecule has 208 valence electrons. The van der Waals surface area contributed by atoms with Crippen molar-refractivity contribution in [3.63, 3.8) is 0 Å². The maximum atomic E-state index is 12.9. The van der Waals surface area contributed by atoms with Gasteiger partial charge in [-0.3, -0.25) is 4.79 Å². The molecule has 39 heavy (non-hydrogen) atoms. The molecule has 0 spiro atoms. The number of hydrogen-bond donors (Lipinski definition) is 0. The highest BCUT2D eigenvalue weighted by atomic mass is 19.3. The molecule has 0 bridgehead atoms. The van der Waals surface area contributed by atoms with Crippen LogP contribution in [-0.4, -0.2) is 19.7 Å². The van der Waals surface area contributed by atoms with E-state index in [4.69, 9.17) is 9.47 Å². The minimum absolute atomic E-state index is 0.0706. The van der Waals surface area contributed by atoms with Crippen LogP contribution in [0, 0.1) is 5.41 Å². The lowest BCUT2D eigenvalue weighted by Crippen LogP contribution is -2.16. The topological polar surface area (TPSA) is 44.8 Å². The molecule has 1 aliphatic carbocycles. The van der Waals surface area contributed by atoms with Crippen LogP contribution in [0.2, 0.25) is 0 Å². The zero-order valence-corrected chi connectivity index (χ0v) is 23.2. The highest BCUT2D eigenvalue weighted by molar-refractivity contribution is 5.71. The number of methoxy groups -OCH3 is 1. The van der Waals surface area contributed by atoms with E-state index < -0.39 is 6.61 Å². The van der Waals surface area contributed by atoms with Crippen LogP contribution in [0.5, 0.6) is 11.5 Å². The molecule has 3 aromatic rings. The first-order chi connectivity index (χ1) is 18.7. The molecule has 1 saturated carbocycles. The van der Waals surface area contributed by atoms with Gasteiger partial charge in [-0.25, -0.2) is 0 Å². The fraction of sp³-hybridized carbons (Fsp3) is 0.424. The molecule has 0 saturated heterocycles. The maximum Gasteiger partial charge on any atom is 0.387 e. The summed E-state index contributed by atoms with van der Waals surface area (Å²) in [5.74, 6) is 1.10. The van der Waals surface area contributed by atoms with Crippen molar-refractivity contribution in [2.24, 2.45) is 5.41 Å². The Morgan fingerprint density at radius 1 is 1.03 bits per heavy atom. The van der Waals surface area contributed by atoms with E-state index >= 15 is 0 Å². The van der Waals surface area contributed by atoms with Crippen LogP contribution in [-0.2, 0) is 16.1 Å². The zero-order chi connectivity index (χ0) is 28.0. The van der Waals surface area contributed by atoms with Gasteiger partial charge in [0.15, 0.2) is 0 Å². The summed E-state index contributed by atoms with van der Waals surface area (Å²) in [4.78, 5) is 11.8. The van der Waals surface area contributed by atoms with Crippen molar-refractivity contribution in [1.82, 2.24) is 0 Å². The van der Waals surface area contributed by atoms with Crippen molar-refractivity contribution in [3.8, 4) is 22.6 Å². The van der Waals surface area contributed by atoms with Crippen molar-refractivity contribution < 1.29 is 27.8 Å². The van der Waals surface area contributed by atoms with Gasteiger partial charge in [0.2, 0.25) is 0 Å². The molecule has 0 aliphatic heterocycles. The van der Waals surface area contributed by atoms with Gasteiger partial charge >= 0.3 is 12.6 Å². The molecule has 4 rings (SSSR count). The number of alkyl halides is 2. The Balaban J connectivity index is 1.60. The zero-order valence-electron chi connectivity index (χ0n) is 23.2. The number of carbonyl (C=O) groups excluding carboxylic acids is 1. The Morgan fingerprint density at radius 2 is 1.79 bits per heavy atom. The highest BCUT2D eigenvalue weighted by Crippen LogP contribution is 2.51. The first-order valence-electron chi connectivity index (χ1n) is 13.7. The molecule has 0 radical (unpaired) electrons. The predicted octanol–water partition coefficient (Wildman–Crippen LogP) is 8.88. The lowest BCUT2D eigenvalue weighted by molar-refractivity contribution is -0.141. The van der Waals surface area contributed by atoms with Gasteiger partial charge in [-0.05, 0) is 88.6 Å². The Labute approximate surface area is 230 Å². The van der Waals surface area contributed by atoms with Crippen molar-refractivity contribution in [2.45, 2.75) is 77.9 Å². The minimum Gasteiger partial charge on any atom is -0.489 e. The third-order valence-electron chi connectivity index (χ3n) is 7.99. The molecule has 0 amide bonds. The number of carbonyl (C=O) groups is 1. The van der Waals surface area contributed by atoms with E-state index in [1.54, 1.807) is 18.2 Å². The molecule has 4 nitrogen and oxygen atoms in total. The summed E-state index contributed by atoms with van der Waals surface area (Å²) in [6, 6.07) is 21.2. The fourth-order valence-electron chi connectivity index (χ4n) is 5.80. The Bertz CT molecular complexity index is 1270. The van der Waals surface area contributed by atoms with Crippen molar-refractivity contribution >= 4 is 5.97 Å². The van der Waals surface area contributed by atoms with E-state index in [-0.39, 0.29) is 23.1 Å². The minimum atomic E-state index is -2.86. The van der Waals surface area contributed by atoms with E-state index in [1.165, 1.54) is 12.7 Å². The molecule has 1 aliphatic rings. The van der Waals surface area contributed by atoms with Crippen LogP contribution in [0.25, 0.3) is 11.1 Å². The summed E-state index contributed by atoms with van der Waals surface area (Å²) in [5.41, 5.74) is 5.34. The van der Waals surface area contributed by atoms with Gasteiger partial charge in [0.1, 0.15) is 18.1 Å². The number of ether oxygens (including phenoxy) is 3. The summed E-state index contributed by atoms with van der Waals surface area (Å²) >= 11 is 0. The Kier molecular flexibility index (Phi) is 9.26. The molecule has 1 fully saturated rings. The number of benzene rings is 3. The van der Waals surface area contributed by atoms with E-state index in [1.807, 2.05) is 36.4 Å². The quantitative estimate of drug-likeness (QED) is 0.230. The van der Waals surface area contributed by atoms with Crippen LogP contribution < -0.4 is 9.47 Å². The third-order valence-corrected chi connectivity index (χ3v) is 7.99. The van der Waals surface area contributed by atoms with Gasteiger partial charge in [-0.2, -0.15) is 8.78 Å². The molecule has 2 unspecified atom stereocenters. The summed E-state index contributed by atoms with van der Waals surface area (Å²) in [6.45, 7) is 4.20. The fourth-order valence-corrected chi connectivity index (χ4v) is 5.80.